The van der Waals surface area contributed by atoms with Gasteiger partial charge in [-0.1, -0.05) is 6.07 Å². The highest BCUT2D eigenvalue weighted by Gasteiger charge is 2.15. The van der Waals surface area contributed by atoms with Gasteiger partial charge in [0.25, 0.3) is 0 Å². The van der Waals surface area contributed by atoms with Crippen molar-refractivity contribution >= 4 is 11.3 Å². The molecular formula is C18H25N3S. The highest BCUT2D eigenvalue weighted by molar-refractivity contribution is 7.10. The van der Waals surface area contributed by atoms with Crippen molar-refractivity contribution in [2.24, 2.45) is 0 Å². The van der Waals surface area contributed by atoms with E-state index in [1.54, 1.807) is 0 Å². The quantitative estimate of drug-likeness (QED) is 0.805. The van der Waals surface area contributed by atoms with Gasteiger partial charge in [-0.3, -0.25) is 14.8 Å². The third-order valence-corrected chi connectivity index (χ3v) is 5.52. The van der Waals surface area contributed by atoms with E-state index in [0.29, 0.717) is 6.04 Å². The first-order chi connectivity index (χ1) is 10.7. The van der Waals surface area contributed by atoms with Crippen molar-refractivity contribution in [1.82, 2.24) is 14.8 Å². The predicted molar refractivity (Wildman–Crippen MR) is 92.9 cm³/mol. The summed E-state index contributed by atoms with van der Waals surface area (Å²) >= 11 is 1.89. The van der Waals surface area contributed by atoms with Gasteiger partial charge in [0.15, 0.2) is 0 Å². The minimum Gasteiger partial charge on any atom is -0.299 e. The van der Waals surface area contributed by atoms with E-state index in [-0.39, 0.29) is 0 Å². The lowest BCUT2D eigenvalue weighted by molar-refractivity contribution is 0.255. The van der Waals surface area contributed by atoms with Crippen LogP contribution in [0.1, 0.15) is 41.8 Å². The molecule has 1 aliphatic heterocycles. The average Bonchev–Trinajstić information content (AvgIpc) is 3.20. The number of likely N-dealkylation sites (tertiary alicyclic amines) is 1. The zero-order valence-corrected chi connectivity index (χ0v) is 14.4. The summed E-state index contributed by atoms with van der Waals surface area (Å²) in [5, 5.41) is 2.33. The van der Waals surface area contributed by atoms with E-state index in [0.717, 1.165) is 13.1 Å². The Morgan fingerprint density at radius 1 is 1.36 bits per heavy atom. The van der Waals surface area contributed by atoms with Crippen molar-refractivity contribution in [3.05, 3.63) is 52.0 Å². The number of hydrogen-bond acceptors (Lipinski definition) is 4. The van der Waals surface area contributed by atoms with E-state index in [4.69, 9.17) is 0 Å². The Balaban J connectivity index is 1.57. The van der Waals surface area contributed by atoms with Gasteiger partial charge in [0, 0.05) is 36.4 Å². The summed E-state index contributed by atoms with van der Waals surface area (Å²) in [6.45, 7) is 6.90. The lowest BCUT2D eigenvalue weighted by atomic mass is 10.1. The summed E-state index contributed by atoms with van der Waals surface area (Å²) in [4.78, 5) is 10.6. The molecule has 0 spiro atoms. The molecule has 0 unspecified atom stereocenters. The molecule has 1 saturated heterocycles. The second-order valence-electron chi connectivity index (χ2n) is 6.28. The summed E-state index contributed by atoms with van der Waals surface area (Å²) in [6, 6.07) is 6.94. The number of nitrogens with zero attached hydrogens (tertiary/aromatic N) is 3. The standard InChI is InChI=1S/C18H25N3S/c1-15(17-6-5-7-19-11-17)20(2)13-18-10-16(14-22-18)12-21-8-3-4-9-21/h5-7,10-11,14-15H,3-4,8-9,12-13H2,1-2H3/t15-/m1/s1. The van der Waals surface area contributed by atoms with Crippen molar-refractivity contribution in [3.63, 3.8) is 0 Å². The largest absolute Gasteiger partial charge is 0.299 e. The van der Waals surface area contributed by atoms with Gasteiger partial charge in [-0.25, -0.2) is 0 Å². The number of thiophene rings is 1. The van der Waals surface area contributed by atoms with Crippen molar-refractivity contribution in [1.29, 1.82) is 0 Å². The topological polar surface area (TPSA) is 19.4 Å². The molecule has 22 heavy (non-hydrogen) atoms. The minimum atomic E-state index is 0.387. The lowest BCUT2D eigenvalue weighted by Gasteiger charge is -2.24. The number of rotatable bonds is 6. The van der Waals surface area contributed by atoms with Crippen LogP contribution in [0.4, 0.5) is 0 Å². The van der Waals surface area contributed by atoms with Crippen molar-refractivity contribution in [2.45, 2.75) is 38.9 Å². The molecule has 0 saturated carbocycles. The molecule has 1 aliphatic rings. The molecule has 1 atom stereocenters. The van der Waals surface area contributed by atoms with Crippen LogP contribution >= 0.6 is 11.3 Å². The maximum atomic E-state index is 4.23. The van der Waals surface area contributed by atoms with Gasteiger partial charge < -0.3 is 0 Å². The monoisotopic (exact) mass is 315 g/mol. The predicted octanol–water partition coefficient (Wildman–Crippen LogP) is 3.93. The molecule has 0 amide bonds. The van der Waals surface area contributed by atoms with Crippen molar-refractivity contribution in [2.75, 3.05) is 20.1 Å². The smallest absolute Gasteiger partial charge is 0.0335 e. The highest BCUT2D eigenvalue weighted by Crippen LogP contribution is 2.24. The molecule has 3 rings (SSSR count). The normalized spacial score (nSPS) is 17.2. The summed E-state index contributed by atoms with van der Waals surface area (Å²) in [5.41, 5.74) is 2.75. The molecule has 3 heterocycles. The second kappa shape index (κ2) is 7.36. The first-order valence-corrected chi connectivity index (χ1v) is 8.99. The Morgan fingerprint density at radius 2 is 2.18 bits per heavy atom. The average molecular weight is 315 g/mol. The molecule has 4 heteroatoms. The molecular weight excluding hydrogens is 290 g/mol. The molecule has 3 nitrogen and oxygen atoms in total. The van der Waals surface area contributed by atoms with E-state index in [1.807, 2.05) is 29.8 Å². The van der Waals surface area contributed by atoms with Gasteiger partial charge >= 0.3 is 0 Å². The fourth-order valence-electron chi connectivity index (χ4n) is 3.05. The Bertz CT molecular complexity index is 575. The molecule has 0 N–H and O–H groups in total. The van der Waals surface area contributed by atoms with Crippen LogP contribution in [0.5, 0.6) is 0 Å². The van der Waals surface area contributed by atoms with Gasteiger partial charge in [0.2, 0.25) is 0 Å². The Kier molecular flexibility index (Phi) is 5.24. The minimum absolute atomic E-state index is 0.387. The molecule has 0 aliphatic carbocycles. The maximum absolute atomic E-state index is 4.23. The third kappa shape index (κ3) is 3.94. The van der Waals surface area contributed by atoms with E-state index < -0.39 is 0 Å². The molecule has 0 aromatic carbocycles. The van der Waals surface area contributed by atoms with Crippen LogP contribution in [-0.4, -0.2) is 34.9 Å². The van der Waals surface area contributed by atoms with Gasteiger partial charge in [0.05, 0.1) is 0 Å². The van der Waals surface area contributed by atoms with E-state index in [1.165, 1.54) is 41.9 Å². The van der Waals surface area contributed by atoms with Crippen LogP contribution in [-0.2, 0) is 13.1 Å². The fourth-order valence-corrected chi connectivity index (χ4v) is 3.99. The molecule has 118 valence electrons. The van der Waals surface area contributed by atoms with Crippen LogP contribution in [0.15, 0.2) is 36.0 Å². The molecule has 2 aromatic heterocycles. The van der Waals surface area contributed by atoms with E-state index in [9.17, 15) is 0 Å². The summed E-state index contributed by atoms with van der Waals surface area (Å²) in [6.07, 6.45) is 6.53. The van der Waals surface area contributed by atoms with Gasteiger partial charge in [-0.05, 0) is 68.5 Å². The summed E-state index contributed by atoms with van der Waals surface area (Å²) in [5.74, 6) is 0. The number of hydrogen-bond donors (Lipinski definition) is 0. The number of pyridine rings is 1. The summed E-state index contributed by atoms with van der Waals surface area (Å²) in [7, 11) is 2.19. The van der Waals surface area contributed by atoms with Crippen molar-refractivity contribution in [3.8, 4) is 0 Å². The van der Waals surface area contributed by atoms with E-state index in [2.05, 4.69) is 46.3 Å². The Morgan fingerprint density at radius 3 is 2.91 bits per heavy atom. The SMILES string of the molecule is C[C@H](c1cccnc1)N(C)Cc1cc(CN2CCCC2)cs1. The molecule has 2 aromatic rings. The highest BCUT2D eigenvalue weighted by atomic mass is 32.1. The molecule has 1 fully saturated rings. The van der Waals surface area contributed by atoms with Gasteiger partial charge in [0.1, 0.15) is 0 Å². The third-order valence-electron chi connectivity index (χ3n) is 4.55. The zero-order chi connectivity index (χ0) is 15.4. The van der Waals surface area contributed by atoms with Crippen LogP contribution in [0.25, 0.3) is 0 Å². The van der Waals surface area contributed by atoms with Crippen LogP contribution in [0.2, 0.25) is 0 Å². The fraction of sp³-hybridized carbons (Fsp3) is 0.500. The Hall–Kier alpha value is -1.23. The second-order valence-corrected chi connectivity index (χ2v) is 7.28. The zero-order valence-electron chi connectivity index (χ0n) is 13.5. The lowest BCUT2D eigenvalue weighted by Crippen LogP contribution is -2.21. The van der Waals surface area contributed by atoms with Gasteiger partial charge in [-0.15, -0.1) is 11.3 Å². The van der Waals surface area contributed by atoms with Gasteiger partial charge in [-0.2, -0.15) is 0 Å². The molecule has 0 bridgehead atoms. The molecule has 0 radical (unpaired) electrons. The summed E-state index contributed by atoms with van der Waals surface area (Å²) < 4.78 is 0. The van der Waals surface area contributed by atoms with Crippen LogP contribution in [0, 0.1) is 0 Å². The van der Waals surface area contributed by atoms with E-state index >= 15 is 0 Å². The van der Waals surface area contributed by atoms with Crippen LogP contribution < -0.4 is 0 Å². The number of aromatic nitrogens is 1. The maximum Gasteiger partial charge on any atom is 0.0335 e. The van der Waals surface area contributed by atoms with Crippen molar-refractivity contribution < 1.29 is 0 Å². The first-order valence-electron chi connectivity index (χ1n) is 8.11. The first kappa shape index (κ1) is 15.7. The van der Waals surface area contributed by atoms with Crippen LogP contribution in [0.3, 0.4) is 0 Å². The Labute approximate surface area is 137 Å².